The number of aliphatic imine (C=N–C) groups is 2. The number of aromatic hydroxyl groups is 2. The molecule has 4 aromatic carbocycles. The minimum Gasteiger partial charge on any atom is -0.507 e. The molecule has 1 aliphatic heterocycles. The Hall–Kier alpha value is -4.66. The molecule has 0 saturated heterocycles. The second kappa shape index (κ2) is 15.2. The highest BCUT2D eigenvalue weighted by Crippen LogP contribution is 2.26. The van der Waals surface area contributed by atoms with Crippen molar-refractivity contribution in [1.29, 1.82) is 0 Å². The van der Waals surface area contributed by atoms with E-state index in [2.05, 4.69) is 20.6 Å². The third-order valence-electron chi connectivity index (χ3n) is 7.35. The fraction of sp³-hybridized carbons (Fsp3) is 0.278. The number of phenols is 2. The summed E-state index contributed by atoms with van der Waals surface area (Å²) in [5, 5.41) is 28.8. The van der Waals surface area contributed by atoms with Crippen LogP contribution < -0.4 is 20.1 Å². The van der Waals surface area contributed by atoms with Crippen molar-refractivity contribution in [3.8, 4) is 23.0 Å². The highest BCUT2D eigenvalue weighted by molar-refractivity contribution is 5.85. The zero-order valence-corrected chi connectivity index (χ0v) is 25.3. The first kappa shape index (κ1) is 30.8. The van der Waals surface area contributed by atoms with Gasteiger partial charge in [-0.2, -0.15) is 0 Å². The van der Waals surface area contributed by atoms with Crippen LogP contribution in [-0.4, -0.2) is 48.9 Å². The first-order valence-corrected chi connectivity index (χ1v) is 15.0. The number of hydrogen-bond acceptors (Lipinski definition) is 8. The Labute approximate surface area is 259 Å². The zero-order valence-electron chi connectivity index (χ0n) is 25.3. The Balaban J connectivity index is 1.37. The number of phenolic OH excluding ortho intramolecular Hbond substituents is 2. The fourth-order valence-electron chi connectivity index (χ4n) is 5.22. The Morgan fingerprint density at radius 2 is 0.977 bits per heavy atom. The average Bonchev–Trinajstić information content (AvgIpc) is 3.01. The van der Waals surface area contributed by atoms with Crippen molar-refractivity contribution in [2.75, 3.05) is 26.3 Å². The highest BCUT2D eigenvalue weighted by Gasteiger charge is 2.11. The molecule has 0 fully saturated rings. The molecule has 0 radical (unpaired) electrons. The van der Waals surface area contributed by atoms with Gasteiger partial charge in [-0.1, -0.05) is 48.5 Å². The number of benzene rings is 4. The molecule has 1 aliphatic rings. The van der Waals surface area contributed by atoms with E-state index < -0.39 is 0 Å². The molecule has 0 saturated carbocycles. The lowest BCUT2D eigenvalue weighted by molar-refractivity contribution is 0.214. The largest absolute Gasteiger partial charge is 0.507 e. The van der Waals surface area contributed by atoms with Gasteiger partial charge in [-0.05, 0) is 49.2 Å². The van der Waals surface area contributed by atoms with Gasteiger partial charge < -0.3 is 30.3 Å². The molecule has 8 heteroatoms. The molecule has 4 N–H and O–H groups in total. The molecule has 0 atom stereocenters. The molecule has 0 amide bonds. The van der Waals surface area contributed by atoms with Crippen LogP contribution in [-0.2, 0) is 26.2 Å². The molecule has 0 aliphatic carbocycles. The van der Waals surface area contributed by atoms with Gasteiger partial charge >= 0.3 is 0 Å². The lowest BCUT2D eigenvalue weighted by atomic mass is 10.0. The monoisotopic (exact) mass is 592 g/mol. The number of aryl methyl sites for hydroxylation is 2. The van der Waals surface area contributed by atoms with Crippen LogP contribution in [0.4, 0.5) is 0 Å². The van der Waals surface area contributed by atoms with Gasteiger partial charge in [-0.3, -0.25) is 9.98 Å². The molecule has 44 heavy (non-hydrogen) atoms. The van der Waals surface area contributed by atoms with Crippen LogP contribution in [0.2, 0.25) is 0 Å². The lowest BCUT2D eigenvalue weighted by Gasteiger charge is -2.15. The van der Waals surface area contributed by atoms with Crippen LogP contribution in [0.3, 0.4) is 0 Å². The van der Waals surface area contributed by atoms with E-state index in [1.54, 1.807) is 12.4 Å². The Morgan fingerprint density at radius 3 is 1.43 bits per heavy atom. The van der Waals surface area contributed by atoms with Crippen molar-refractivity contribution in [2.24, 2.45) is 9.98 Å². The second-order valence-electron chi connectivity index (χ2n) is 10.9. The fourth-order valence-corrected chi connectivity index (χ4v) is 5.22. The lowest BCUT2D eigenvalue weighted by Crippen LogP contribution is -2.16. The van der Waals surface area contributed by atoms with Crippen molar-refractivity contribution in [3.63, 3.8) is 0 Å². The van der Waals surface area contributed by atoms with Crippen molar-refractivity contribution in [3.05, 3.63) is 117 Å². The summed E-state index contributed by atoms with van der Waals surface area (Å²) in [4.78, 5) is 8.99. The number of nitrogens with zero attached hydrogens (tertiary/aromatic N) is 2. The van der Waals surface area contributed by atoms with Gasteiger partial charge in [0, 0.05) is 72.0 Å². The third-order valence-corrected chi connectivity index (χ3v) is 7.35. The smallest absolute Gasteiger partial charge is 0.128 e. The molecule has 0 unspecified atom stereocenters. The third kappa shape index (κ3) is 8.24. The van der Waals surface area contributed by atoms with Gasteiger partial charge in [0.2, 0.25) is 0 Å². The predicted molar refractivity (Wildman–Crippen MR) is 176 cm³/mol. The minimum absolute atomic E-state index is 0.213. The van der Waals surface area contributed by atoms with Crippen molar-refractivity contribution < 1.29 is 19.7 Å². The summed E-state index contributed by atoms with van der Waals surface area (Å²) in [7, 11) is 0. The number of rotatable bonds is 0. The molecule has 0 aromatic heterocycles. The van der Waals surface area contributed by atoms with Crippen molar-refractivity contribution in [2.45, 2.75) is 40.0 Å². The van der Waals surface area contributed by atoms with Crippen LogP contribution in [0.25, 0.3) is 0 Å². The van der Waals surface area contributed by atoms with E-state index in [0.29, 0.717) is 63.6 Å². The average molecular weight is 593 g/mol. The van der Waals surface area contributed by atoms with E-state index in [1.165, 1.54) is 0 Å². The summed E-state index contributed by atoms with van der Waals surface area (Å²) in [5.74, 6) is 2.01. The Kier molecular flexibility index (Phi) is 10.6. The maximum absolute atomic E-state index is 11.0. The van der Waals surface area contributed by atoms with Gasteiger partial charge in [0.05, 0.1) is 13.1 Å². The van der Waals surface area contributed by atoms with Gasteiger partial charge in [-0.15, -0.1) is 0 Å². The number of fused-ring (bicyclic) bond motifs is 6. The zero-order chi connectivity index (χ0) is 30.7. The first-order valence-electron chi connectivity index (χ1n) is 15.0. The Morgan fingerprint density at radius 1 is 0.568 bits per heavy atom. The van der Waals surface area contributed by atoms with E-state index in [1.807, 2.05) is 86.6 Å². The van der Waals surface area contributed by atoms with Crippen LogP contribution >= 0.6 is 0 Å². The van der Waals surface area contributed by atoms with Gasteiger partial charge in [-0.25, -0.2) is 0 Å². The first-order chi connectivity index (χ1) is 21.5. The summed E-state index contributed by atoms with van der Waals surface area (Å²) < 4.78 is 12.2. The molecule has 8 nitrogen and oxygen atoms in total. The Bertz CT molecular complexity index is 1510. The molecule has 4 bridgehead atoms. The highest BCUT2D eigenvalue weighted by atomic mass is 16.5. The maximum Gasteiger partial charge on any atom is 0.128 e. The van der Waals surface area contributed by atoms with E-state index in [-0.39, 0.29) is 11.5 Å². The molecular weight excluding hydrogens is 552 g/mol. The van der Waals surface area contributed by atoms with E-state index >= 15 is 0 Å². The molecule has 1 heterocycles. The summed E-state index contributed by atoms with van der Waals surface area (Å²) in [6, 6.07) is 23.7. The minimum atomic E-state index is 0.213. The standard InChI is InChI=1S/C36H40N4O4/c1-25-15-29-21-37-11-12-38-22-30-16-26(2)18-32(36(30)42)24-40-20-28-8-4-6-10-34(28)44-14-13-43-33-9-5-3-7-27(33)19-39-23-31(17-25)35(29)41/h3-10,15-18,21-22,39-42H,11-14,19-20,23-24H2,1-2H3. The molecule has 228 valence electrons. The summed E-state index contributed by atoms with van der Waals surface area (Å²) in [6.07, 6.45) is 3.39. The van der Waals surface area contributed by atoms with E-state index in [0.717, 1.165) is 44.9 Å². The van der Waals surface area contributed by atoms with E-state index in [4.69, 9.17) is 9.47 Å². The van der Waals surface area contributed by atoms with Crippen LogP contribution in [0, 0.1) is 13.8 Å². The van der Waals surface area contributed by atoms with Crippen LogP contribution in [0.15, 0.2) is 82.8 Å². The number of hydrogen-bond donors (Lipinski definition) is 4. The quantitative estimate of drug-likeness (QED) is 0.212. The topological polar surface area (TPSA) is 108 Å². The van der Waals surface area contributed by atoms with Crippen LogP contribution in [0.5, 0.6) is 23.0 Å². The molecule has 4 aromatic rings. The summed E-state index contributed by atoms with van der Waals surface area (Å²) >= 11 is 0. The molecular formula is C36H40N4O4. The maximum atomic E-state index is 11.0. The normalized spacial score (nSPS) is 15.0. The van der Waals surface area contributed by atoms with Gasteiger partial charge in [0.25, 0.3) is 0 Å². The van der Waals surface area contributed by atoms with Crippen molar-refractivity contribution in [1.82, 2.24) is 10.6 Å². The van der Waals surface area contributed by atoms with Gasteiger partial charge in [0.15, 0.2) is 0 Å². The number of para-hydroxylation sites is 2. The summed E-state index contributed by atoms with van der Waals surface area (Å²) in [5.41, 5.74) is 7.08. The van der Waals surface area contributed by atoms with Gasteiger partial charge in [0.1, 0.15) is 36.2 Å². The van der Waals surface area contributed by atoms with Crippen LogP contribution in [0.1, 0.15) is 44.5 Å². The van der Waals surface area contributed by atoms with E-state index in [9.17, 15) is 10.2 Å². The summed E-state index contributed by atoms with van der Waals surface area (Å²) in [6.45, 7) is 7.84. The molecule has 5 rings (SSSR count). The SMILES string of the molecule is Cc1cc2c(O)c(c1)CNCc1ccccc1OCCOc1ccccc1CNCc1cc(C)cc(c1O)C=NCCN=C2. The predicted octanol–water partition coefficient (Wildman–Crippen LogP) is 5.60. The van der Waals surface area contributed by atoms with Crippen molar-refractivity contribution >= 4 is 12.4 Å². The number of ether oxygens (including phenoxy) is 2. The molecule has 0 spiro atoms. The number of nitrogens with one attached hydrogen (secondary N) is 2. The second-order valence-corrected chi connectivity index (χ2v) is 10.9.